The summed E-state index contributed by atoms with van der Waals surface area (Å²) in [5, 5.41) is 0. The summed E-state index contributed by atoms with van der Waals surface area (Å²) in [4.78, 5) is 21.8. The Kier molecular flexibility index (Phi) is 2.69. The van der Waals surface area contributed by atoms with E-state index in [2.05, 4.69) is 10.9 Å². The number of nitrogens with one attached hydrogen (secondary N) is 2. The third kappa shape index (κ3) is 2.33. The second-order valence-electron chi connectivity index (χ2n) is 2.64. The molecule has 1 rings (SSSR count). The number of nitrogens with zero attached hydrogens (tertiary/aromatic N) is 1. The largest absolute Gasteiger partial charge is 0.347 e. The van der Waals surface area contributed by atoms with Gasteiger partial charge in [-0.25, -0.2) is 0 Å². The van der Waals surface area contributed by atoms with E-state index in [4.69, 9.17) is 0 Å². The molecule has 0 fully saturated rings. The quantitative estimate of drug-likeness (QED) is 0.590. The summed E-state index contributed by atoms with van der Waals surface area (Å²) in [6.07, 6.45) is 1.75. The van der Waals surface area contributed by atoms with Crippen LogP contribution in [0.4, 0.5) is 0 Å². The molecule has 0 saturated heterocycles. The maximum atomic E-state index is 11.3. The van der Waals surface area contributed by atoms with Crippen LogP contribution < -0.4 is 10.9 Å². The van der Waals surface area contributed by atoms with Gasteiger partial charge < -0.3 is 4.57 Å². The molecule has 0 radical (unpaired) electrons. The van der Waals surface area contributed by atoms with Gasteiger partial charge in [-0.15, -0.1) is 0 Å². The van der Waals surface area contributed by atoms with Gasteiger partial charge in [0.05, 0.1) is 0 Å². The van der Waals surface area contributed by atoms with E-state index in [1.54, 1.807) is 29.9 Å². The second kappa shape index (κ2) is 3.75. The third-order valence-electron chi connectivity index (χ3n) is 1.53. The van der Waals surface area contributed by atoms with Crippen molar-refractivity contribution in [2.45, 2.75) is 6.92 Å². The van der Waals surface area contributed by atoms with Crippen LogP contribution in [0, 0.1) is 0 Å². The Bertz CT molecular complexity index is 330. The van der Waals surface area contributed by atoms with Gasteiger partial charge in [0.25, 0.3) is 5.91 Å². The molecule has 5 heteroatoms. The number of carbonyl (C=O) groups excluding carboxylic acids is 2. The first-order valence-electron chi connectivity index (χ1n) is 3.79. The first-order chi connectivity index (χ1) is 6.11. The zero-order chi connectivity index (χ0) is 9.84. The minimum Gasteiger partial charge on any atom is -0.347 e. The maximum absolute atomic E-state index is 11.3. The van der Waals surface area contributed by atoms with Crippen LogP contribution in [0.5, 0.6) is 0 Å². The first-order valence-corrected chi connectivity index (χ1v) is 3.79. The monoisotopic (exact) mass is 181 g/mol. The summed E-state index contributed by atoms with van der Waals surface area (Å²) in [5.74, 6) is -0.634. The predicted octanol–water partition coefficient (Wildman–Crippen LogP) is -0.194. The molecule has 0 aromatic carbocycles. The van der Waals surface area contributed by atoms with Gasteiger partial charge >= 0.3 is 0 Å². The van der Waals surface area contributed by atoms with Gasteiger partial charge in [0.15, 0.2) is 0 Å². The van der Waals surface area contributed by atoms with Gasteiger partial charge in [0, 0.05) is 20.2 Å². The van der Waals surface area contributed by atoms with Crippen molar-refractivity contribution < 1.29 is 9.59 Å². The van der Waals surface area contributed by atoms with Crippen LogP contribution in [0.3, 0.4) is 0 Å². The molecule has 0 atom stereocenters. The zero-order valence-electron chi connectivity index (χ0n) is 7.50. The lowest BCUT2D eigenvalue weighted by Crippen LogP contribution is -2.40. The van der Waals surface area contributed by atoms with Crippen LogP contribution in [-0.2, 0) is 11.8 Å². The highest BCUT2D eigenvalue weighted by Gasteiger charge is 2.07. The Labute approximate surface area is 75.7 Å². The van der Waals surface area contributed by atoms with Gasteiger partial charge in [0.1, 0.15) is 5.69 Å². The topological polar surface area (TPSA) is 63.1 Å². The minimum atomic E-state index is -0.331. The molecular formula is C8H11N3O2. The number of hydrazine groups is 1. The van der Waals surface area contributed by atoms with Gasteiger partial charge in [-0.3, -0.25) is 20.4 Å². The summed E-state index contributed by atoms with van der Waals surface area (Å²) >= 11 is 0. The number of hydrogen-bond acceptors (Lipinski definition) is 2. The van der Waals surface area contributed by atoms with E-state index < -0.39 is 0 Å². The molecule has 0 saturated carbocycles. The number of rotatable bonds is 1. The average molecular weight is 181 g/mol. The van der Waals surface area contributed by atoms with Crippen molar-refractivity contribution in [1.29, 1.82) is 0 Å². The zero-order valence-corrected chi connectivity index (χ0v) is 7.50. The van der Waals surface area contributed by atoms with Crippen LogP contribution in [-0.4, -0.2) is 16.4 Å². The van der Waals surface area contributed by atoms with E-state index in [9.17, 15) is 9.59 Å². The average Bonchev–Trinajstić information content (AvgIpc) is 2.47. The van der Waals surface area contributed by atoms with Crippen LogP contribution in [0.15, 0.2) is 18.3 Å². The molecule has 0 unspecified atom stereocenters. The Hall–Kier alpha value is -1.78. The molecule has 13 heavy (non-hydrogen) atoms. The Balaban J connectivity index is 2.59. The van der Waals surface area contributed by atoms with Crippen molar-refractivity contribution in [2.24, 2.45) is 7.05 Å². The highest BCUT2D eigenvalue weighted by Crippen LogP contribution is 1.97. The molecule has 5 nitrogen and oxygen atoms in total. The molecule has 0 aliphatic heterocycles. The predicted molar refractivity (Wildman–Crippen MR) is 46.7 cm³/mol. The van der Waals surface area contributed by atoms with Crippen LogP contribution >= 0.6 is 0 Å². The standard InChI is InChI=1S/C8H11N3O2/c1-6(12)9-10-8(13)7-4-3-5-11(7)2/h3-5H,1-2H3,(H,9,12)(H,10,13). The molecule has 0 aliphatic rings. The molecule has 1 aromatic rings. The SMILES string of the molecule is CC(=O)NNC(=O)c1cccn1C. The van der Waals surface area contributed by atoms with Gasteiger partial charge in [-0.1, -0.05) is 0 Å². The lowest BCUT2D eigenvalue weighted by atomic mass is 10.4. The fourth-order valence-electron chi connectivity index (χ4n) is 0.906. The van der Waals surface area contributed by atoms with E-state index in [0.717, 1.165) is 0 Å². The van der Waals surface area contributed by atoms with E-state index in [0.29, 0.717) is 5.69 Å². The molecule has 1 aromatic heterocycles. The lowest BCUT2D eigenvalue weighted by Gasteiger charge is -2.05. The molecule has 1 heterocycles. The summed E-state index contributed by atoms with van der Waals surface area (Å²) in [7, 11) is 1.75. The van der Waals surface area contributed by atoms with E-state index >= 15 is 0 Å². The fourth-order valence-corrected chi connectivity index (χ4v) is 0.906. The third-order valence-corrected chi connectivity index (χ3v) is 1.53. The molecule has 2 amide bonds. The summed E-state index contributed by atoms with van der Waals surface area (Å²) in [6, 6.07) is 3.42. The number of aromatic nitrogens is 1. The Morgan fingerprint density at radius 3 is 2.54 bits per heavy atom. The lowest BCUT2D eigenvalue weighted by molar-refractivity contribution is -0.119. The smallest absolute Gasteiger partial charge is 0.286 e. The Morgan fingerprint density at radius 1 is 1.38 bits per heavy atom. The van der Waals surface area contributed by atoms with E-state index in [1.807, 2.05) is 0 Å². The van der Waals surface area contributed by atoms with Gasteiger partial charge in [-0.2, -0.15) is 0 Å². The molecule has 70 valence electrons. The van der Waals surface area contributed by atoms with Crippen LogP contribution in [0.1, 0.15) is 17.4 Å². The number of aryl methyl sites for hydroxylation is 1. The van der Waals surface area contributed by atoms with Crippen LogP contribution in [0.25, 0.3) is 0 Å². The number of amides is 2. The van der Waals surface area contributed by atoms with Crippen molar-refractivity contribution >= 4 is 11.8 Å². The summed E-state index contributed by atoms with van der Waals surface area (Å²) in [6.45, 7) is 1.32. The van der Waals surface area contributed by atoms with Crippen molar-refractivity contribution in [3.63, 3.8) is 0 Å². The van der Waals surface area contributed by atoms with Gasteiger partial charge in [-0.05, 0) is 12.1 Å². The highest BCUT2D eigenvalue weighted by atomic mass is 16.2. The molecular weight excluding hydrogens is 170 g/mol. The van der Waals surface area contributed by atoms with Crippen molar-refractivity contribution in [1.82, 2.24) is 15.4 Å². The number of carbonyl (C=O) groups is 2. The normalized spacial score (nSPS) is 9.38. The summed E-state index contributed by atoms with van der Waals surface area (Å²) < 4.78 is 1.66. The van der Waals surface area contributed by atoms with E-state index in [-0.39, 0.29) is 11.8 Å². The maximum Gasteiger partial charge on any atom is 0.286 e. The first kappa shape index (κ1) is 9.31. The minimum absolute atomic E-state index is 0.303. The summed E-state index contributed by atoms with van der Waals surface area (Å²) in [5.41, 5.74) is 4.97. The number of hydrogen-bond donors (Lipinski definition) is 2. The molecule has 0 spiro atoms. The molecule has 2 N–H and O–H groups in total. The van der Waals surface area contributed by atoms with Crippen molar-refractivity contribution in [3.8, 4) is 0 Å². The molecule has 0 bridgehead atoms. The highest BCUT2D eigenvalue weighted by molar-refractivity contribution is 5.93. The van der Waals surface area contributed by atoms with Crippen molar-refractivity contribution in [3.05, 3.63) is 24.0 Å². The van der Waals surface area contributed by atoms with Crippen LogP contribution in [0.2, 0.25) is 0 Å². The Morgan fingerprint density at radius 2 is 2.08 bits per heavy atom. The fraction of sp³-hybridized carbons (Fsp3) is 0.250. The van der Waals surface area contributed by atoms with Crippen molar-refractivity contribution in [2.75, 3.05) is 0 Å². The second-order valence-corrected chi connectivity index (χ2v) is 2.64. The van der Waals surface area contributed by atoms with E-state index in [1.165, 1.54) is 6.92 Å². The van der Waals surface area contributed by atoms with Gasteiger partial charge in [0.2, 0.25) is 5.91 Å². The molecule has 0 aliphatic carbocycles.